The number of pyridine rings is 1. The number of hydrogen-bond acceptors (Lipinski definition) is 4. The van der Waals surface area contributed by atoms with E-state index in [2.05, 4.69) is 80.1 Å². The second-order valence-corrected chi connectivity index (χ2v) is 10.2. The Morgan fingerprint density at radius 1 is 1.00 bits per heavy atom. The highest BCUT2D eigenvalue weighted by molar-refractivity contribution is 5.73. The summed E-state index contributed by atoms with van der Waals surface area (Å²) in [4.78, 5) is 16.0. The molecule has 192 valence electrons. The van der Waals surface area contributed by atoms with E-state index >= 15 is 0 Å². The van der Waals surface area contributed by atoms with Crippen LogP contribution in [0.15, 0.2) is 60.9 Å². The Bertz CT molecular complexity index is 1300. The molecule has 0 amide bonds. The fourth-order valence-corrected chi connectivity index (χ4v) is 5.57. The highest BCUT2D eigenvalue weighted by atomic mass is 16.5. The van der Waals surface area contributed by atoms with Crippen LogP contribution < -0.4 is 0 Å². The van der Waals surface area contributed by atoms with Gasteiger partial charge in [0.25, 0.3) is 0 Å². The van der Waals surface area contributed by atoms with Crippen molar-refractivity contribution in [2.75, 3.05) is 7.11 Å². The normalized spacial score (nSPS) is 14.6. The van der Waals surface area contributed by atoms with Crippen LogP contribution in [0.4, 0.5) is 0 Å². The van der Waals surface area contributed by atoms with Gasteiger partial charge >= 0.3 is 5.97 Å². The first-order valence-corrected chi connectivity index (χ1v) is 13.3. The van der Waals surface area contributed by atoms with Crippen molar-refractivity contribution < 1.29 is 14.6 Å². The lowest BCUT2D eigenvalue weighted by Gasteiger charge is -2.34. The zero-order chi connectivity index (χ0) is 26.5. The van der Waals surface area contributed by atoms with Gasteiger partial charge in [-0.2, -0.15) is 0 Å². The lowest BCUT2D eigenvalue weighted by Crippen LogP contribution is -2.26. The van der Waals surface area contributed by atoms with Gasteiger partial charge in [0.05, 0.1) is 13.5 Å². The van der Waals surface area contributed by atoms with Crippen LogP contribution in [-0.2, 0) is 21.4 Å². The molecule has 1 aliphatic carbocycles. The van der Waals surface area contributed by atoms with Gasteiger partial charge in [0, 0.05) is 28.9 Å². The van der Waals surface area contributed by atoms with Gasteiger partial charge in [0.1, 0.15) is 5.60 Å². The Kier molecular flexibility index (Phi) is 8.15. The van der Waals surface area contributed by atoms with Crippen molar-refractivity contribution in [2.45, 2.75) is 76.7 Å². The highest BCUT2D eigenvalue weighted by Gasteiger charge is 2.31. The second-order valence-electron chi connectivity index (χ2n) is 10.2. The van der Waals surface area contributed by atoms with Gasteiger partial charge in [-0.3, -0.25) is 9.78 Å². The van der Waals surface area contributed by atoms with Gasteiger partial charge in [-0.05, 0) is 85.4 Å². The Labute approximate surface area is 221 Å². The molecule has 1 aliphatic rings. The van der Waals surface area contributed by atoms with E-state index in [0.717, 1.165) is 66.3 Å². The molecular weight excluding hydrogens is 458 g/mol. The van der Waals surface area contributed by atoms with Crippen LogP contribution >= 0.6 is 0 Å². The van der Waals surface area contributed by atoms with Gasteiger partial charge in [-0.25, -0.2) is 0 Å². The first-order chi connectivity index (χ1) is 17.8. The Hall–Kier alpha value is -3.42. The van der Waals surface area contributed by atoms with Crippen molar-refractivity contribution >= 4 is 5.97 Å². The number of aliphatic hydroxyl groups is 1. The second kappa shape index (κ2) is 11.3. The first kappa shape index (κ1) is 26.6. The van der Waals surface area contributed by atoms with E-state index in [-0.39, 0.29) is 17.8 Å². The summed E-state index contributed by atoms with van der Waals surface area (Å²) in [6.07, 6.45) is 9.34. The number of methoxy groups -OCH3 is 1. The molecule has 1 saturated carbocycles. The summed E-state index contributed by atoms with van der Waals surface area (Å²) >= 11 is 0. The Morgan fingerprint density at radius 2 is 1.68 bits per heavy atom. The number of carbonyl (C=O) groups excluding carboxylic acids is 1. The van der Waals surface area contributed by atoms with Crippen LogP contribution in [0.3, 0.4) is 0 Å². The number of ether oxygens (including phenoxy) is 1. The molecule has 0 saturated heterocycles. The van der Waals surface area contributed by atoms with Gasteiger partial charge < -0.3 is 9.84 Å². The molecular formula is C33H37NO3. The number of esters is 1. The van der Waals surface area contributed by atoms with E-state index in [1.807, 2.05) is 12.3 Å². The number of hydrogen-bond donors (Lipinski definition) is 1. The monoisotopic (exact) mass is 495 g/mol. The van der Waals surface area contributed by atoms with Crippen molar-refractivity contribution in [2.24, 2.45) is 0 Å². The predicted octanol–water partition coefficient (Wildman–Crippen LogP) is 6.54. The SMILES string of the molecule is CCC(CC)(c1ccc(-c2cncc(CC(=O)OC)c2)cc1)c1ccc(C#CC2(O)CCCC2)c(C)c1. The smallest absolute Gasteiger partial charge is 0.310 e. The van der Waals surface area contributed by atoms with Crippen LogP contribution in [0.2, 0.25) is 0 Å². The van der Waals surface area contributed by atoms with Gasteiger partial charge in [-0.15, -0.1) is 0 Å². The topological polar surface area (TPSA) is 59.4 Å². The molecule has 1 aromatic heterocycles. The van der Waals surface area contributed by atoms with Crippen LogP contribution in [0, 0.1) is 18.8 Å². The third-order valence-electron chi connectivity index (χ3n) is 7.99. The van der Waals surface area contributed by atoms with Crippen molar-refractivity contribution in [3.63, 3.8) is 0 Å². The summed E-state index contributed by atoms with van der Waals surface area (Å²) < 4.78 is 4.79. The minimum absolute atomic E-state index is 0.107. The molecule has 0 bridgehead atoms. The summed E-state index contributed by atoms with van der Waals surface area (Å²) in [5.41, 5.74) is 6.64. The van der Waals surface area contributed by atoms with Crippen molar-refractivity contribution in [3.05, 3.63) is 88.7 Å². The highest BCUT2D eigenvalue weighted by Crippen LogP contribution is 2.40. The zero-order valence-electron chi connectivity index (χ0n) is 22.4. The van der Waals surface area contributed by atoms with E-state index in [9.17, 15) is 9.90 Å². The Balaban J connectivity index is 1.62. The fourth-order valence-electron chi connectivity index (χ4n) is 5.57. The third kappa shape index (κ3) is 5.78. The number of rotatable bonds is 7. The molecule has 0 aliphatic heterocycles. The molecule has 1 fully saturated rings. The van der Waals surface area contributed by atoms with Crippen LogP contribution in [0.5, 0.6) is 0 Å². The summed E-state index contributed by atoms with van der Waals surface area (Å²) in [5.74, 6) is 6.14. The maximum absolute atomic E-state index is 11.7. The average molecular weight is 496 g/mol. The Morgan fingerprint density at radius 3 is 2.30 bits per heavy atom. The first-order valence-electron chi connectivity index (χ1n) is 13.3. The molecule has 3 aromatic rings. The fraction of sp³-hybridized carbons (Fsp3) is 0.394. The molecule has 0 atom stereocenters. The van der Waals surface area contributed by atoms with E-state index in [1.165, 1.54) is 18.2 Å². The number of aromatic nitrogens is 1. The molecule has 0 radical (unpaired) electrons. The number of nitrogens with zero attached hydrogens (tertiary/aromatic N) is 1. The number of aryl methyl sites for hydroxylation is 1. The molecule has 1 N–H and O–H groups in total. The zero-order valence-corrected chi connectivity index (χ0v) is 22.4. The summed E-state index contributed by atoms with van der Waals surface area (Å²) in [5, 5.41) is 10.6. The molecule has 4 rings (SSSR count). The number of carbonyl (C=O) groups is 1. The number of benzene rings is 2. The summed E-state index contributed by atoms with van der Waals surface area (Å²) in [6.45, 7) is 6.60. The summed E-state index contributed by atoms with van der Waals surface area (Å²) in [6, 6.07) is 17.3. The van der Waals surface area contributed by atoms with E-state index in [4.69, 9.17) is 4.74 Å². The molecule has 4 heteroatoms. The van der Waals surface area contributed by atoms with Gasteiger partial charge in [0.2, 0.25) is 0 Å². The molecule has 0 unspecified atom stereocenters. The van der Waals surface area contributed by atoms with E-state index < -0.39 is 5.60 Å². The molecule has 37 heavy (non-hydrogen) atoms. The van der Waals surface area contributed by atoms with Crippen molar-refractivity contribution in [1.82, 2.24) is 4.98 Å². The van der Waals surface area contributed by atoms with Gasteiger partial charge in [0.15, 0.2) is 0 Å². The predicted molar refractivity (Wildman–Crippen MR) is 148 cm³/mol. The lowest BCUT2D eigenvalue weighted by atomic mass is 9.70. The quantitative estimate of drug-likeness (QED) is 0.299. The standard InChI is InChI=1S/C33H37NO3/c1-5-33(6-2,30-14-9-26(24(3)19-30)15-18-32(36)16-7-8-17-32)29-12-10-27(11-13-29)28-20-25(22-34-23-28)21-31(35)37-4/h9-14,19-20,22-23,36H,5-8,16-17,21H2,1-4H3. The average Bonchev–Trinajstić information content (AvgIpc) is 3.36. The van der Waals surface area contributed by atoms with E-state index in [1.54, 1.807) is 6.20 Å². The molecule has 1 heterocycles. The summed E-state index contributed by atoms with van der Waals surface area (Å²) in [7, 11) is 1.40. The largest absolute Gasteiger partial charge is 0.469 e. The van der Waals surface area contributed by atoms with Crippen LogP contribution in [0.1, 0.15) is 80.2 Å². The lowest BCUT2D eigenvalue weighted by molar-refractivity contribution is -0.139. The minimum Gasteiger partial charge on any atom is -0.469 e. The maximum Gasteiger partial charge on any atom is 0.310 e. The molecule has 2 aromatic carbocycles. The van der Waals surface area contributed by atoms with Crippen LogP contribution in [-0.4, -0.2) is 28.8 Å². The third-order valence-corrected chi connectivity index (χ3v) is 7.99. The maximum atomic E-state index is 11.7. The molecule has 0 spiro atoms. The minimum atomic E-state index is -0.822. The van der Waals surface area contributed by atoms with Crippen LogP contribution in [0.25, 0.3) is 11.1 Å². The van der Waals surface area contributed by atoms with Crippen molar-refractivity contribution in [3.8, 4) is 23.0 Å². The van der Waals surface area contributed by atoms with Gasteiger partial charge in [-0.1, -0.05) is 62.1 Å². The van der Waals surface area contributed by atoms with Crippen molar-refractivity contribution in [1.29, 1.82) is 0 Å². The molecule has 4 nitrogen and oxygen atoms in total. The van der Waals surface area contributed by atoms with E-state index in [0.29, 0.717) is 0 Å².